The van der Waals surface area contributed by atoms with Crippen LogP contribution in [0.4, 0.5) is 11.4 Å². The molecule has 0 bridgehead atoms. The number of carbonyl (C=O) groups is 1. The SMILES string of the molecule is CCOC(=O)CN(CC)c1cccc([N+](=O)[O-])c1C. The fraction of sp³-hybridized carbons (Fsp3) is 0.462. The third-order valence-corrected chi connectivity index (χ3v) is 2.82. The van der Waals surface area contributed by atoms with Crippen molar-refractivity contribution in [3.8, 4) is 0 Å². The Kier molecular flexibility index (Phi) is 5.29. The topological polar surface area (TPSA) is 72.7 Å². The molecule has 1 aromatic carbocycles. The van der Waals surface area contributed by atoms with Gasteiger partial charge < -0.3 is 9.64 Å². The zero-order valence-electron chi connectivity index (χ0n) is 11.4. The Balaban J connectivity index is 3.02. The van der Waals surface area contributed by atoms with E-state index in [1.54, 1.807) is 30.9 Å². The monoisotopic (exact) mass is 266 g/mol. The number of likely N-dealkylation sites (N-methyl/N-ethyl adjacent to an activating group) is 1. The second-order valence-corrected chi connectivity index (χ2v) is 4.00. The number of nitro benzene ring substituents is 1. The molecule has 0 aliphatic carbocycles. The average Bonchev–Trinajstić information content (AvgIpc) is 2.36. The molecule has 6 nitrogen and oxygen atoms in total. The van der Waals surface area contributed by atoms with Gasteiger partial charge in [0.15, 0.2) is 0 Å². The molecule has 1 rings (SSSR count). The van der Waals surface area contributed by atoms with Crippen molar-refractivity contribution >= 4 is 17.3 Å². The van der Waals surface area contributed by atoms with Crippen molar-refractivity contribution in [2.24, 2.45) is 0 Å². The predicted molar refractivity (Wildman–Crippen MR) is 72.4 cm³/mol. The number of benzene rings is 1. The molecule has 19 heavy (non-hydrogen) atoms. The van der Waals surface area contributed by atoms with Crippen LogP contribution in [0.3, 0.4) is 0 Å². The minimum Gasteiger partial charge on any atom is -0.465 e. The third-order valence-electron chi connectivity index (χ3n) is 2.82. The molecule has 0 aromatic heterocycles. The number of nitro groups is 1. The molecule has 0 N–H and O–H groups in total. The molecule has 0 aliphatic rings. The van der Waals surface area contributed by atoms with E-state index < -0.39 is 4.92 Å². The fourth-order valence-corrected chi connectivity index (χ4v) is 1.88. The standard InChI is InChI=1S/C13H18N2O4/c1-4-14(9-13(16)19-5-2)11-7-6-8-12(10(11)3)15(17)18/h6-8H,4-5,9H2,1-3H3. The fourth-order valence-electron chi connectivity index (χ4n) is 1.88. The average molecular weight is 266 g/mol. The molecule has 0 unspecified atom stereocenters. The van der Waals surface area contributed by atoms with Crippen LogP contribution in [0.15, 0.2) is 18.2 Å². The molecule has 0 heterocycles. The van der Waals surface area contributed by atoms with Crippen LogP contribution in [-0.4, -0.2) is 30.6 Å². The van der Waals surface area contributed by atoms with Crippen molar-refractivity contribution in [2.45, 2.75) is 20.8 Å². The normalized spacial score (nSPS) is 10.1. The first kappa shape index (κ1) is 14.9. The van der Waals surface area contributed by atoms with Crippen molar-refractivity contribution in [1.29, 1.82) is 0 Å². The van der Waals surface area contributed by atoms with E-state index in [1.165, 1.54) is 6.07 Å². The highest BCUT2D eigenvalue weighted by atomic mass is 16.6. The van der Waals surface area contributed by atoms with E-state index in [2.05, 4.69) is 0 Å². The zero-order valence-corrected chi connectivity index (χ0v) is 11.4. The maximum absolute atomic E-state index is 11.5. The van der Waals surface area contributed by atoms with E-state index in [0.29, 0.717) is 24.4 Å². The van der Waals surface area contributed by atoms with Crippen molar-refractivity contribution in [2.75, 3.05) is 24.6 Å². The van der Waals surface area contributed by atoms with Crippen LogP contribution in [0.2, 0.25) is 0 Å². The lowest BCUT2D eigenvalue weighted by Crippen LogP contribution is -2.31. The van der Waals surface area contributed by atoms with Gasteiger partial charge in [0.2, 0.25) is 0 Å². The van der Waals surface area contributed by atoms with Gasteiger partial charge in [0.05, 0.1) is 17.1 Å². The molecule has 6 heteroatoms. The maximum Gasteiger partial charge on any atom is 0.325 e. The van der Waals surface area contributed by atoms with Gasteiger partial charge in [-0.1, -0.05) is 6.07 Å². The van der Waals surface area contributed by atoms with Gasteiger partial charge in [-0.3, -0.25) is 14.9 Å². The van der Waals surface area contributed by atoms with E-state index in [9.17, 15) is 14.9 Å². The molecule has 0 spiro atoms. The van der Waals surface area contributed by atoms with Gasteiger partial charge in [-0.15, -0.1) is 0 Å². The summed E-state index contributed by atoms with van der Waals surface area (Å²) in [6.07, 6.45) is 0. The van der Waals surface area contributed by atoms with Crippen LogP contribution in [0, 0.1) is 17.0 Å². The van der Waals surface area contributed by atoms with Crippen LogP contribution >= 0.6 is 0 Å². The number of nitrogens with zero attached hydrogens (tertiary/aromatic N) is 2. The predicted octanol–water partition coefficient (Wildman–Crippen LogP) is 2.29. The summed E-state index contributed by atoms with van der Waals surface area (Å²) in [7, 11) is 0. The maximum atomic E-state index is 11.5. The molecule has 0 aliphatic heterocycles. The summed E-state index contributed by atoms with van der Waals surface area (Å²) in [6.45, 7) is 6.29. The van der Waals surface area contributed by atoms with Gasteiger partial charge >= 0.3 is 5.97 Å². The van der Waals surface area contributed by atoms with Crippen LogP contribution in [0.5, 0.6) is 0 Å². The molecule has 0 radical (unpaired) electrons. The van der Waals surface area contributed by atoms with Crippen LogP contribution in [-0.2, 0) is 9.53 Å². The van der Waals surface area contributed by atoms with E-state index in [-0.39, 0.29) is 18.2 Å². The first-order valence-electron chi connectivity index (χ1n) is 6.15. The van der Waals surface area contributed by atoms with Crippen LogP contribution < -0.4 is 4.90 Å². The lowest BCUT2D eigenvalue weighted by Gasteiger charge is -2.23. The minimum absolute atomic E-state index is 0.0554. The highest BCUT2D eigenvalue weighted by molar-refractivity contribution is 5.77. The Labute approximate surface area is 112 Å². The molecule has 0 fully saturated rings. The van der Waals surface area contributed by atoms with E-state index >= 15 is 0 Å². The number of ether oxygens (including phenoxy) is 1. The van der Waals surface area contributed by atoms with Gasteiger partial charge in [0, 0.05) is 18.3 Å². The highest BCUT2D eigenvalue weighted by Gasteiger charge is 2.18. The van der Waals surface area contributed by atoms with E-state index in [1.807, 2.05) is 6.92 Å². The number of rotatable bonds is 6. The molecule has 0 saturated heterocycles. The summed E-state index contributed by atoms with van der Waals surface area (Å²) < 4.78 is 4.90. The minimum atomic E-state index is -0.420. The Morgan fingerprint density at radius 1 is 1.42 bits per heavy atom. The third kappa shape index (κ3) is 3.67. The van der Waals surface area contributed by atoms with Crippen molar-refractivity contribution in [1.82, 2.24) is 0 Å². The molecule has 1 aromatic rings. The lowest BCUT2D eigenvalue weighted by molar-refractivity contribution is -0.385. The van der Waals surface area contributed by atoms with E-state index in [0.717, 1.165) is 0 Å². The Morgan fingerprint density at radius 2 is 2.11 bits per heavy atom. The van der Waals surface area contributed by atoms with Crippen molar-refractivity contribution in [3.05, 3.63) is 33.9 Å². The smallest absolute Gasteiger partial charge is 0.325 e. The van der Waals surface area contributed by atoms with Gasteiger partial charge in [0.25, 0.3) is 5.69 Å². The molecule has 104 valence electrons. The number of hydrogen-bond donors (Lipinski definition) is 0. The summed E-state index contributed by atoms with van der Waals surface area (Å²) in [5.41, 5.74) is 1.29. The summed E-state index contributed by atoms with van der Waals surface area (Å²) in [5, 5.41) is 10.9. The Bertz CT molecular complexity index is 474. The van der Waals surface area contributed by atoms with E-state index in [4.69, 9.17) is 4.74 Å². The molecule has 0 saturated carbocycles. The summed E-state index contributed by atoms with van der Waals surface area (Å²) in [6, 6.07) is 4.84. The second-order valence-electron chi connectivity index (χ2n) is 4.00. The Morgan fingerprint density at radius 3 is 2.63 bits per heavy atom. The molecular formula is C13H18N2O4. The number of hydrogen-bond acceptors (Lipinski definition) is 5. The highest BCUT2D eigenvalue weighted by Crippen LogP contribution is 2.28. The largest absolute Gasteiger partial charge is 0.465 e. The molecule has 0 amide bonds. The lowest BCUT2D eigenvalue weighted by atomic mass is 10.1. The van der Waals surface area contributed by atoms with Gasteiger partial charge in [-0.25, -0.2) is 0 Å². The van der Waals surface area contributed by atoms with Crippen LogP contribution in [0.1, 0.15) is 19.4 Å². The number of carbonyl (C=O) groups excluding carboxylic acids is 1. The van der Waals surface area contributed by atoms with Gasteiger partial charge in [0.1, 0.15) is 6.54 Å². The first-order valence-corrected chi connectivity index (χ1v) is 6.15. The number of esters is 1. The first-order chi connectivity index (χ1) is 9.01. The summed E-state index contributed by atoms with van der Waals surface area (Å²) in [4.78, 5) is 23.8. The number of anilines is 1. The van der Waals surface area contributed by atoms with Gasteiger partial charge in [-0.05, 0) is 26.8 Å². The molecule has 0 atom stereocenters. The Hall–Kier alpha value is -2.11. The second kappa shape index (κ2) is 6.72. The van der Waals surface area contributed by atoms with Crippen molar-refractivity contribution < 1.29 is 14.5 Å². The van der Waals surface area contributed by atoms with Crippen molar-refractivity contribution in [3.63, 3.8) is 0 Å². The summed E-state index contributed by atoms with van der Waals surface area (Å²) >= 11 is 0. The quantitative estimate of drug-likeness (QED) is 0.448. The van der Waals surface area contributed by atoms with Gasteiger partial charge in [-0.2, -0.15) is 0 Å². The summed E-state index contributed by atoms with van der Waals surface area (Å²) in [5.74, 6) is -0.338. The molecular weight excluding hydrogens is 248 g/mol. The van der Waals surface area contributed by atoms with Crippen LogP contribution in [0.25, 0.3) is 0 Å². The zero-order chi connectivity index (χ0) is 14.4.